The van der Waals surface area contributed by atoms with Crippen LogP contribution in [0.4, 0.5) is 0 Å². The van der Waals surface area contributed by atoms with Crippen LogP contribution in [-0.2, 0) is 6.42 Å². The van der Waals surface area contributed by atoms with Crippen LogP contribution in [0.25, 0.3) is 10.8 Å². The second-order valence-electron chi connectivity index (χ2n) is 5.38. The van der Waals surface area contributed by atoms with Gasteiger partial charge in [-0.15, -0.1) is 11.3 Å². The highest BCUT2D eigenvalue weighted by Crippen LogP contribution is 2.28. The lowest BCUT2D eigenvalue weighted by Crippen LogP contribution is -2.23. The molecule has 1 heterocycles. The van der Waals surface area contributed by atoms with Crippen LogP contribution in [0.2, 0.25) is 0 Å². The summed E-state index contributed by atoms with van der Waals surface area (Å²) in [5.74, 6) is 0. The molecule has 0 saturated heterocycles. The molecule has 0 bridgehead atoms. The van der Waals surface area contributed by atoms with Crippen molar-refractivity contribution < 1.29 is 0 Å². The Balaban J connectivity index is 1.97. The Morgan fingerprint density at radius 1 is 1.05 bits per heavy atom. The van der Waals surface area contributed by atoms with Crippen molar-refractivity contribution in [3.63, 3.8) is 0 Å². The van der Waals surface area contributed by atoms with E-state index < -0.39 is 0 Å². The highest BCUT2D eigenvalue weighted by molar-refractivity contribution is 7.10. The molecule has 0 aliphatic heterocycles. The van der Waals surface area contributed by atoms with Gasteiger partial charge in [0.05, 0.1) is 0 Å². The maximum atomic E-state index is 3.65. The molecule has 0 radical (unpaired) electrons. The molecule has 0 spiro atoms. The van der Waals surface area contributed by atoms with Gasteiger partial charge in [-0.05, 0) is 53.2 Å². The molecular weight excluding hydrogens is 274 g/mol. The SMILES string of the molecule is CCNC(Cc1cccc2ccccc12)c1ccsc1C. The molecule has 1 aromatic heterocycles. The van der Waals surface area contributed by atoms with E-state index in [1.807, 2.05) is 11.3 Å². The van der Waals surface area contributed by atoms with Crippen LogP contribution < -0.4 is 5.32 Å². The standard InChI is InChI=1S/C19H21NS/c1-3-20-19(17-11-12-21-14(17)2)13-16-9-6-8-15-7-4-5-10-18(15)16/h4-12,19-20H,3,13H2,1-2H3. The first-order valence-corrected chi connectivity index (χ1v) is 8.41. The summed E-state index contributed by atoms with van der Waals surface area (Å²) in [4.78, 5) is 1.42. The van der Waals surface area contributed by atoms with Crippen LogP contribution in [0.15, 0.2) is 53.9 Å². The van der Waals surface area contributed by atoms with E-state index in [0.717, 1.165) is 13.0 Å². The van der Waals surface area contributed by atoms with E-state index in [2.05, 4.69) is 73.1 Å². The molecule has 0 saturated carbocycles. The van der Waals surface area contributed by atoms with Crippen LogP contribution in [0, 0.1) is 6.92 Å². The predicted octanol–water partition coefficient (Wildman–Crippen LogP) is 5.10. The number of aryl methyl sites for hydroxylation is 1. The van der Waals surface area contributed by atoms with Gasteiger partial charge in [-0.3, -0.25) is 0 Å². The summed E-state index contributed by atoms with van der Waals surface area (Å²) in [5, 5.41) is 8.54. The Bertz CT molecular complexity index is 724. The third-order valence-corrected chi connectivity index (χ3v) is 4.89. The summed E-state index contributed by atoms with van der Waals surface area (Å²) in [6.45, 7) is 5.38. The van der Waals surface area contributed by atoms with Gasteiger partial charge in [0.25, 0.3) is 0 Å². The maximum absolute atomic E-state index is 3.65. The summed E-state index contributed by atoms with van der Waals surface area (Å²) in [5.41, 5.74) is 2.86. The number of likely N-dealkylation sites (N-methyl/N-ethyl adjacent to an activating group) is 1. The van der Waals surface area contributed by atoms with E-state index in [1.54, 1.807) is 0 Å². The Morgan fingerprint density at radius 2 is 1.86 bits per heavy atom. The van der Waals surface area contributed by atoms with Gasteiger partial charge < -0.3 is 5.32 Å². The summed E-state index contributed by atoms with van der Waals surface area (Å²) in [6.07, 6.45) is 1.03. The Hall–Kier alpha value is -1.64. The molecule has 0 fully saturated rings. The average molecular weight is 295 g/mol. The first kappa shape index (κ1) is 14.3. The quantitative estimate of drug-likeness (QED) is 0.690. The van der Waals surface area contributed by atoms with Crippen LogP contribution in [0.3, 0.4) is 0 Å². The lowest BCUT2D eigenvalue weighted by atomic mass is 9.95. The van der Waals surface area contributed by atoms with Gasteiger partial charge >= 0.3 is 0 Å². The zero-order valence-corrected chi connectivity index (χ0v) is 13.4. The van der Waals surface area contributed by atoms with Crippen molar-refractivity contribution in [3.8, 4) is 0 Å². The lowest BCUT2D eigenvalue weighted by Gasteiger charge is -2.19. The third-order valence-electron chi connectivity index (χ3n) is 4.03. The molecule has 2 aromatic carbocycles. The highest BCUT2D eigenvalue weighted by atomic mass is 32.1. The maximum Gasteiger partial charge on any atom is 0.0371 e. The van der Waals surface area contributed by atoms with Gasteiger partial charge in [-0.25, -0.2) is 0 Å². The molecule has 0 amide bonds. The number of thiophene rings is 1. The minimum absolute atomic E-state index is 0.395. The second kappa shape index (κ2) is 6.42. The molecule has 0 aliphatic rings. The van der Waals surface area contributed by atoms with Gasteiger partial charge in [0.15, 0.2) is 0 Å². The van der Waals surface area contributed by atoms with Crippen molar-refractivity contribution in [1.29, 1.82) is 0 Å². The second-order valence-corrected chi connectivity index (χ2v) is 6.51. The molecule has 1 atom stereocenters. The predicted molar refractivity (Wildman–Crippen MR) is 93.1 cm³/mol. The minimum Gasteiger partial charge on any atom is -0.310 e. The molecule has 0 aliphatic carbocycles. The number of hydrogen-bond acceptors (Lipinski definition) is 2. The Kier molecular flexibility index (Phi) is 4.37. The fourth-order valence-corrected chi connectivity index (χ4v) is 3.75. The fraction of sp³-hybridized carbons (Fsp3) is 0.263. The zero-order valence-electron chi connectivity index (χ0n) is 12.6. The fourth-order valence-electron chi connectivity index (χ4n) is 2.99. The van der Waals surface area contributed by atoms with Crippen molar-refractivity contribution in [2.75, 3.05) is 6.54 Å². The van der Waals surface area contributed by atoms with Crippen molar-refractivity contribution in [2.24, 2.45) is 0 Å². The average Bonchev–Trinajstić information content (AvgIpc) is 2.93. The van der Waals surface area contributed by atoms with Gasteiger partial charge in [-0.2, -0.15) is 0 Å². The molecule has 108 valence electrons. The number of benzene rings is 2. The van der Waals surface area contributed by atoms with Crippen molar-refractivity contribution in [1.82, 2.24) is 5.32 Å². The highest BCUT2D eigenvalue weighted by Gasteiger charge is 2.15. The number of nitrogens with one attached hydrogen (secondary N) is 1. The first-order chi connectivity index (χ1) is 10.3. The number of rotatable bonds is 5. The summed E-state index contributed by atoms with van der Waals surface area (Å²) < 4.78 is 0. The van der Waals surface area contributed by atoms with Crippen LogP contribution in [0.1, 0.15) is 29.0 Å². The summed E-state index contributed by atoms with van der Waals surface area (Å²) in [6, 6.07) is 17.9. The van der Waals surface area contributed by atoms with Crippen molar-refractivity contribution in [3.05, 3.63) is 69.9 Å². The molecular formula is C19H21NS. The molecule has 2 heteroatoms. The number of hydrogen-bond donors (Lipinski definition) is 1. The normalized spacial score (nSPS) is 12.7. The van der Waals surface area contributed by atoms with E-state index in [9.17, 15) is 0 Å². The Labute approximate surface area is 130 Å². The lowest BCUT2D eigenvalue weighted by molar-refractivity contribution is 0.551. The van der Waals surface area contributed by atoms with Crippen molar-refractivity contribution >= 4 is 22.1 Å². The minimum atomic E-state index is 0.395. The molecule has 3 rings (SSSR count). The van der Waals surface area contributed by atoms with E-state index >= 15 is 0 Å². The van der Waals surface area contributed by atoms with Crippen LogP contribution >= 0.6 is 11.3 Å². The first-order valence-electron chi connectivity index (χ1n) is 7.53. The van der Waals surface area contributed by atoms with E-state index in [-0.39, 0.29) is 0 Å². The van der Waals surface area contributed by atoms with Gasteiger partial charge in [0.2, 0.25) is 0 Å². The molecule has 3 aromatic rings. The smallest absolute Gasteiger partial charge is 0.0371 e. The largest absolute Gasteiger partial charge is 0.310 e. The summed E-state index contributed by atoms with van der Waals surface area (Å²) in [7, 11) is 0. The van der Waals surface area contributed by atoms with Crippen LogP contribution in [0.5, 0.6) is 0 Å². The number of fused-ring (bicyclic) bond motifs is 1. The van der Waals surface area contributed by atoms with E-state index in [4.69, 9.17) is 0 Å². The van der Waals surface area contributed by atoms with Crippen LogP contribution in [-0.4, -0.2) is 6.54 Å². The molecule has 21 heavy (non-hydrogen) atoms. The van der Waals surface area contributed by atoms with E-state index in [0.29, 0.717) is 6.04 Å². The molecule has 1 unspecified atom stereocenters. The monoisotopic (exact) mass is 295 g/mol. The van der Waals surface area contributed by atoms with Gasteiger partial charge in [0, 0.05) is 10.9 Å². The van der Waals surface area contributed by atoms with Gasteiger partial charge in [-0.1, -0.05) is 49.4 Å². The third kappa shape index (κ3) is 3.02. The van der Waals surface area contributed by atoms with Crippen molar-refractivity contribution in [2.45, 2.75) is 26.3 Å². The molecule has 1 nitrogen and oxygen atoms in total. The Morgan fingerprint density at radius 3 is 2.62 bits per heavy atom. The zero-order chi connectivity index (χ0) is 14.7. The molecule has 1 N–H and O–H groups in total. The summed E-state index contributed by atoms with van der Waals surface area (Å²) >= 11 is 1.83. The topological polar surface area (TPSA) is 12.0 Å². The van der Waals surface area contributed by atoms with E-state index in [1.165, 1.54) is 26.8 Å². The van der Waals surface area contributed by atoms with Gasteiger partial charge in [0.1, 0.15) is 0 Å².